The highest BCUT2D eigenvalue weighted by atomic mass is 16.3. The fraction of sp³-hybridized carbons (Fsp3) is 0.400. The van der Waals surface area contributed by atoms with E-state index in [9.17, 15) is 5.11 Å². The molecule has 0 saturated heterocycles. The zero-order valence-corrected chi connectivity index (χ0v) is 7.00. The second-order valence-electron chi connectivity index (χ2n) is 2.75. The van der Waals surface area contributed by atoms with Crippen LogP contribution >= 0.6 is 0 Å². The van der Waals surface area contributed by atoms with E-state index < -0.39 is 6.10 Å². The van der Waals surface area contributed by atoms with Gasteiger partial charge >= 0.3 is 0 Å². The topological polar surface area (TPSA) is 19.9 Å². The normalized spacial score (nSPS) is 13.0. The van der Waals surface area contributed by atoms with Gasteiger partial charge in [-0.3, -0.25) is 0 Å². The molecule has 0 fully saturated rings. The quantitative estimate of drug-likeness (QED) is 0.616. The van der Waals surface area contributed by atoms with Gasteiger partial charge in [0.05, 0.1) is 0 Å². The predicted octanol–water partition coefficient (Wildman–Crippen LogP) is 2.88. The van der Waals surface area contributed by atoms with Gasteiger partial charge in [0.1, 0.15) is 6.10 Å². The van der Waals surface area contributed by atoms with Crippen molar-refractivity contribution in [2.75, 3.05) is 0 Å². The average Bonchev–Trinajstić information content (AvgIpc) is 2.04. The van der Waals surface area contributed by atoms with Crippen LogP contribution in [-0.2, 0) is 5.11 Å². The first-order valence-electron chi connectivity index (χ1n) is 3.97. The Hall–Kier alpha value is -0.820. The molecule has 1 unspecified atom stereocenters. The number of rotatable bonds is 2. The molecule has 0 saturated carbocycles. The molecule has 1 rings (SSSR count). The highest BCUT2D eigenvalue weighted by Gasteiger charge is 2.07. The maximum absolute atomic E-state index is 11.3. The van der Waals surface area contributed by atoms with Gasteiger partial charge in [0, 0.05) is 0 Å². The summed E-state index contributed by atoms with van der Waals surface area (Å²) in [5.41, 5.74) is 2.05. The van der Waals surface area contributed by atoms with Gasteiger partial charge < -0.3 is 0 Å². The van der Waals surface area contributed by atoms with Crippen molar-refractivity contribution < 1.29 is 5.11 Å². The lowest BCUT2D eigenvalue weighted by Crippen LogP contribution is -1.95. The lowest BCUT2D eigenvalue weighted by Gasteiger charge is -2.07. The number of benzene rings is 1. The highest BCUT2D eigenvalue weighted by molar-refractivity contribution is 5.27. The molecule has 0 aliphatic heterocycles. The van der Waals surface area contributed by atoms with E-state index in [0.717, 1.165) is 11.1 Å². The average molecular weight is 149 g/mol. The predicted molar refractivity (Wildman–Crippen MR) is 44.9 cm³/mol. The molecule has 59 valence electrons. The smallest absolute Gasteiger partial charge is 0.118 e. The maximum Gasteiger partial charge on any atom is 0.118 e. The SMILES string of the molecule is CCC([O])c1ccccc1C. The fourth-order valence-electron chi connectivity index (χ4n) is 1.17. The minimum atomic E-state index is -0.545. The summed E-state index contributed by atoms with van der Waals surface area (Å²) >= 11 is 0. The molecular weight excluding hydrogens is 136 g/mol. The zero-order chi connectivity index (χ0) is 8.27. The Balaban J connectivity index is 2.93. The van der Waals surface area contributed by atoms with Crippen molar-refractivity contribution in [3.63, 3.8) is 0 Å². The van der Waals surface area contributed by atoms with E-state index in [1.54, 1.807) is 0 Å². The molecule has 0 N–H and O–H groups in total. The first-order valence-corrected chi connectivity index (χ1v) is 3.97. The van der Waals surface area contributed by atoms with E-state index in [2.05, 4.69) is 0 Å². The summed E-state index contributed by atoms with van der Waals surface area (Å²) in [7, 11) is 0. The second kappa shape index (κ2) is 3.54. The summed E-state index contributed by atoms with van der Waals surface area (Å²) in [5.74, 6) is 0. The first kappa shape index (κ1) is 8.28. The lowest BCUT2D eigenvalue weighted by molar-refractivity contribution is 0.0852. The molecule has 0 aliphatic carbocycles. The monoisotopic (exact) mass is 149 g/mol. The Morgan fingerprint density at radius 2 is 2.00 bits per heavy atom. The van der Waals surface area contributed by atoms with Crippen LogP contribution in [-0.4, -0.2) is 0 Å². The summed E-state index contributed by atoms with van der Waals surface area (Å²) in [6.45, 7) is 3.90. The molecule has 0 aromatic heterocycles. The van der Waals surface area contributed by atoms with Gasteiger partial charge in [0.15, 0.2) is 0 Å². The third kappa shape index (κ3) is 1.81. The molecule has 0 heterocycles. The van der Waals surface area contributed by atoms with Crippen molar-refractivity contribution in [3.05, 3.63) is 35.4 Å². The second-order valence-corrected chi connectivity index (χ2v) is 2.75. The van der Waals surface area contributed by atoms with Gasteiger partial charge in [-0.15, -0.1) is 0 Å². The van der Waals surface area contributed by atoms with Gasteiger partial charge in [-0.05, 0) is 24.5 Å². The van der Waals surface area contributed by atoms with Crippen LogP contribution in [0.15, 0.2) is 24.3 Å². The molecule has 0 spiro atoms. The van der Waals surface area contributed by atoms with Gasteiger partial charge in [-0.1, -0.05) is 31.2 Å². The van der Waals surface area contributed by atoms with Crippen LogP contribution in [0.2, 0.25) is 0 Å². The summed E-state index contributed by atoms with van der Waals surface area (Å²) in [6, 6.07) is 7.77. The summed E-state index contributed by atoms with van der Waals surface area (Å²) < 4.78 is 0. The van der Waals surface area contributed by atoms with Gasteiger partial charge in [-0.25, -0.2) is 5.11 Å². The van der Waals surface area contributed by atoms with Crippen LogP contribution in [0, 0.1) is 6.92 Å². The molecule has 11 heavy (non-hydrogen) atoms. The van der Waals surface area contributed by atoms with Crippen molar-refractivity contribution in [2.24, 2.45) is 0 Å². The molecule has 1 aromatic carbocycles. The van der Waals surface area contributed by atoms with Crippen LogP contribution in [0.25, 0.3) is 0 Å². The number of hydrogen-bond acceptors (Lipinski definition) is 0. The van der Waals surface area contributed by atoms with Crippen molar-refractivity contribution in [1.82, 2.24) is 0 Å². The lowest BCUT2D eigenvalue weighted by atomic mass is 10.0. The van der Waals surface area contributed by atoms with Crippen LogP contribution in [0.3, 0.4) is 0 Å². The van der Waals surface area contributed by atoms with E-state index in [1.807, 2.05) is 38.1 Å². The fourth-order valence-corrected chi connectivity index (χ4v) is 1.17. The molecule has 1 nitrogen and oxygen atoms in total. The minimum Gasteiger partial charge on any atom is -0.228 e. The van der Waals surface area contributed by atoms with Gasteiger partial charge in [0.2, 0.25) is 0 Å². The largest absolute Gasteiger partial charge is 0.228 e. The Kier molecular flexibility index (Phi) is 2.66. The molecule has 1 atom stereocenters. The van der Waals surface area contributed by atoms with E-state index in [1.165, 1.54) is 0 Å². The Bertz CT molecular complexity index is 230. The van der Waals surface area contributed by atoms with Crippen molar-refractivity contribution in [2.45, 2.75) is 26.4 Å². The Labute approximate surface area is 67.7 Å². The van der Waals surface area contributed by atoms with E-state index in [0.29, 0.717) is 6.42 Å². The first-order chi connectivity index (χ1) is 5.25. The number of aryl methyl sites for hydroxylation is 1. The van der Waals surface area contributed by atoms with Crippen molar-refractivity contribution >= 4 is 0 Å². The van der Waals surface area contributed by atoms with Crippen molar-refractivity contribution in [3.8, 4) is 0 Å². The minimum absolute atomic E-state index is 0.545. The summed E-state index contributed by atoms with van der Waals surface area (Å²) in [6.07, 6.45) is 0.126. The van der Waals surface area contributed by atoms with E-state index in [-0.39, 0.29) is 0 Å². The van der Waals surface area contributed by atoms with Gasteiger partial charge in [0.25, 0.3) is 0 Å². The molecule has 1 heteroatoms. The Morgan fingerprint density at radius 1 is 1.36 bits per heavy atom. The summed E-state index contributed by atoms with van der Waals surface area (Å²) in [5, 5.41) is 11.3. The third-order valence-corrected chi connectivity index (χ3v) is 1.91. The maximum atomic E-state index is 11.3. The molecule has 1 aromatic rings. The zero-order valence-electron chi connectivity index (χ0n) is 7.00. The summed E-state index contributed by atoms with van der Waals surface area (Å²) in [4.78, 5) is 0. The molecule has 0 bridgehead atoms. The standard InChI is InChI=1S/C10H13O/c1-3-10(11)9-7-5-4-6-8(9)2/h4-7,10H,3H2,1-2H3. The van der Waals surface area contributed by atoms with Crippen LogP contribution in [0.1, 0.15) is 30.6 Å². The third-order valence-electron chi connectivity index (χ3n) is 1.91. The molecule has 1 radical (unpaired) electrons. The highest BCUT2D eigenvalue weighted by Crippen LogP contribution is 2.19. The van der Waals surface area contributed by atoms with Crippen LogP contribution in [0.5, 0.6) is 0 Å². The van der Waals surface area contributed by atoms with E-state index in [4.69, 9.17) is 0 Å². The Morgan fingerprint density at radius 3 is 2.55 bits per heavy atom. The van der Waals surface area contributed by atoms with Crippen molar-refractivity contribution in [1.29, 1.82) is 0 Å². The molecule has 0 amide bonds. The van der Waals surface area contributed by atoms with Crippen LogP contribution < -0.4 is 0 Å². The molecular formula is C10H13O. The van der Waals surface area contributed by atoms with Crippen LogP contribution in [0.4, 0.5) is 0 Å². The number of hydrogen-bond donors (Lipinski definition) is 0. The van der Waals surface area contributed by atoms with E-state index >= 15 is 0 Å². The van der Waals surface area contributed by atoms with Gasteiger partial charge in [-0.2, -0.15) is 0 Å². The molecule has 0 aliphatic rings.